The second-order valence-corrected chi connectivity index (χ2v) is 8.45. The molecule has 2 aliphatic heterocycles. The number of rotatable bonds is 10. The maximum atomic E-state index is 12.4. The van der Waals surface area contributed by atoms with E-state index in [9.17, 15) is 28.8 Å². The molecule has 3 aliphatic rings. The Balaban J connectivity index is 1.26. The van der Waals surface area contributed by atoms with Crippen LogP contribution in [0.15, 0.2) is 24.3 Å². The van der Waals surface area contributed by atoms with Crippen LogP contribution in [0.1, 0.15) is 44.9 Å². The van der Waals surface area contributed by atoms with Crippen LogP contribution in [0.2, 0.25) is 0 Å². The van der Waals surface area contributed by atoms with Crippen LogP contribution in [0, 0.1) is 11.8 Å². The lowest BCUT2D eigenvalue weighted by atomic mass is 9.81. The van der Waals surface area contributed by atoms with Crippen molar-refractivity contribution in [3.63, 3.8) is 0 Å². The van der Waals surface area contributed by atoms with Gasteiger partial charge >= 0.3 is 5.97 Å². The van der Waals surface area contributed by atoms with Crippen molar-refractivity contribution in [2.75, 3.05) is 13.1 Å². The molecule has 1 fully saturated rings. The van der Waals surface area contributed by atoms with E-state index in [4.69, 9.17) is 10.6 Å². The zero-order chi connectivity index (χ0) is 24.0. The molecule has 1 saturated carbocycles. The third-order valence-electron chi connectivity index (χ3n) is 6.05. The Hall–Kier alpha value is -3.34. The standard InChI is InChI=1S/C22H28N4O7/c23-16(22(32)33-26-19(29)10-11-20(26)30)3-1-2-12-24-21(31)15-6-4-14(5-7-15)13-25-17(27)8-9-18(25)28/h8-11,14-16H,1-7,12-13,23H2,(H,24,31)/t14?,15?,16-/m1/s1. The lowest BCUT2D eigenvalue weighted by Gasteiger charge is -2.30. The van der Waals surface area contributed by atoms with Gasteiger partial charge in [-0.3, -0.25) is 28.9 Å². The molecule has 0 aromatic heterocycles. The van der Waals surface area contributed by atoms with Crippen LogP contribution in [-0.4, -0.2) is 64.6 Å². The molecule has 11 heteroatoms. The van der Waals surface area contributed by atoms with Crippen LogP contribution in [0.4, 0.5) is 0 Å². The van der Waals surface area contributed by atoms with E-state index in [1.54, 1.807) is 0 Å². The van der Waals surface area contributed by atoms with Gasteiger partial charge in [0.05, 0.1) is 0 Å². The fraction of sp³-hybridized carbons (Fsp3) is 0.545. The monoisotopic (exact) mass is 460 g/mol. The van der Waals surface area contributed by atoms with E-state index in [2.05, 4.69) is 5.32 Å². The van der Waals surface area contributed by atoms with Gasteiger partial charge in [-0.15, -0.1) is 0 Å². The highest BCUT2D eigenvalue weighted by Crippen LogP contribution is 2.30. The number of hydrogen-bond donors (Lipinski definition) is 2. The molecule has 0 saturated heterocycles. The van der Waals surface area contributed by atoms with Gasteiger partial charge in [-0.2, -0.15) is 0 Å². The van der Waals surface area contributed by atoms with Crippen molar-refractivity contribution in [2.45, 2.75) is 51.0 Å². The molecule has 0 unspecified atom stereocenters. The molecular weight excluding hydrogens is 432 g/mol. The lowest BCUT2D eigenvalue weighted by molar-refractivity contribution is -0.197. The zero-order valence-electron chi connectivity index (χ0n) is 18.2. The van der Waals surface area contributed by atoms with Gasteiger partial charge in [0.2, 0.25) is 5.91 Å². The van der Waals surface area contributed by atoms with Crippen LogP contribution in [0.25, 0.3) is 0 Å². The Labute approximate surface area is 190 Å². The van der Waals surface area contributed by atoms with Gasteiger partial charge in [-0.25, -0.2) is 4.79 Å². The summed E-state index contributed by atoms with van der Waals surface area (Å²) >= 11 is 0. The summed E-state index contributed by atoms with van der Waals surface area (Å²) in [5.41, 5.74) is 5.75. The molecule has 11 nitrogen and oxygen atoms in total. The summed E-state index contributed by atoms with van der Waals surface area (Å²) in [6.07, 6.45) is 8.99. The molecule has 5 amide bonds. The summed E-state index contributed by atoms with van der Waals surface area (Å²) in [7, 11) is 0. The summed E-state index contributed by atoms with van der Waals surface area (Å²) < 4.78 is 0. The number of hydrogen-bond acceptors (Lipinski definition) is 8. The first-order valence-corrected chi connectivity index (χ1v) is 11.1. The first-order valence-electron chi connectivity index (χ1n) is 11.1. The minimum absolute atomic E-state index is 0.0225. The molecule has 33 heavy (non-hydrogen) atoms. The Morgan fingerprint density at radius 3 is 2.12 bits per heavy atom. The quantitative estimate of drug-likeness (QED) is 0.333. The van der Waals surface area contributed by atoms with Crippen LogP contribution >= 0.6 is 0 Å². The van der Waals surface area contributed by atoms with Crippen LogP contribution in [0.3, 0.4) is 0 Å². The number of amides is 5. The molecule has 1 aliphatic carbocycles. The molecule has 178 valence electrons. The minimum atomic E-state index is -0.984. The fourth-order valence-corrected chi connectivity index (χ4v) is 4.07. The van der Waals surface area contributed by atoms with E-state index < -0.39 is 23.8 Å². The molecule has 1 atom stereocenters. The Kier molecular flexibility index (Phi) is 8.10. The summed E-state index contributed by atoms with van der Waals surface area (Å²) in [4.78, 5) is 76.4. The van der Waals surface area contributed by atoms with Crippen LogP contribution in [0.5, 0.6) is 0 Å². The highest BCUT2D eigenvalue weighted by molar-refractivity contribution is 6.13. The number of nitrogens with two attached hydrogens (primary N) is 1. The van der Waals surface area contributed by atoms with Crippen molar-refractivity contribution in [3.05, 3.63) is 24.3 Å². The van der Waals surface area contributed by atoms with Gasteiger partial charge in [0.15, 0.2) is 0 Å². The SMILES string of the molecule is N[C@H](CCCCNC(=O)C1CCC(CN2C(=O)C=CC2=O)CC1)C(=O)ON1C(=O)C=CC1=O. The number of carbonyl (C=O) groups excluding carboxylic acids is 6. The van der Waals surface area contributed by atoms with E-state index in [0.717, 1.165) is 25.0 Å². The van der Waals surface area contributed by atoms with Crippen LogP contribution < -0.4 is 11.1 Å². The van der Waals surface area contributed by atoms with Crippen molar-refractivity contribution < 1.29 is 33.6 Å². The minimum Gasteiger partial charge on any atom is -0.356 e. The van der Waals surface area contributed by atoms with Crippen molar-refractivity contribution in [2.24, 2.45) is 17.6 Å². The third-order valence-corrected chi connectivity index (χ3v) is 6.05. The fourth-order valence-electron chi connectivity index (χ4n) is 4.07. The summed E-state index contributed by atoms with van der Waals surface area (Å²) in [5, 5.41) is 3.27. The molecular formula is C22H28N4O7. The molecule has 0 bridgehead atoms. The smallest absolute Gasteiger partial charge is 0.349 e. The van der Waals surface area contributed by atoms with Crippen molar-refractivity contribution >= 4 is 35.5 Å². The number of nitrogens with one attached hydrogen (secondary N) is 1. The molecule has 0 radical (unpaired) electrons. The number of imide groups is 2. The Morgan fingerprint density at radius 1 is 0.939 bits per heavy atom. The summed E-state index contributed by atoms with van der Waals surface area (Å²) in [6, 6.07) is -0.984. The molecule has 3 N–H and O–H groups in total. The molecule has 3 rings (SSSR count). The average molecular weight is 460 g/mol. The third kappa shape index (κ3) is 6.35. The number of unbranched alkanes of at least 4 members (excludes halogenated alkanes) is 1. The van der Waals surface area contributed by atoms with E-state index in [1.165, 1.54) is 17.1 Å². The summed E-state index contributed by atoms with van der Waals surface area (Å²) in [6.45, 7) is 0.842. The highest BCUT2D eigenvalue weighted by Gasteiger charge is 2.32. The zero-order valence-corrected chi connectivity index (χ0v) is 18.2. The maximum absolute atomic E-state index is 12.4. The number of hydroxylamine groups is 2. The molecule has 2 heterocycles. The Morgan fingerprint density at radius 2 is 1.52 bits per heavy atom. The largest absolute Gasteiger partial charge is 0.356 e. The highest BCUT2D eigenvalue weighted by atomic mass is 16.7. The summed E-state index contributed by atoms with van der Waals surface area (Å²) in [5.74, 6) is -2.78. The van der Waals surface area contributed by atoms with Crippen molar-refractivity contribution in [1.29, 1.82) is 0 Å². The van der Waals surface area contributed by atoms with Gasteiger partial charge in [0, 0.05) is 43.3 Å². The second kappa shape index (κ2) is 11.0. The normalized spacial score (nSPS) is 23.4. The maximum Gasteiger partial charge on any atom is 0.349 e. The van der Waals surface area contributed by atoms with E-state index in [0.29, 0.717) is 43.8 Å². The Bertz CT molecular complexity index is 853. The van der Waals surface area contributed by atoms with Gasteiger partial charge in [0.1, 0.15) is 6.04 Å². The van der Waals surface area contributed by atoms with Crippen LogP contribution in [-0.2, 0) is 33.6 Å². The predicted molar refractivity (Wildman–Crippen MR) is 113 cm³/mol. The van der Waals surface area contributed by atoms with E-state index >= 15 is 0 Å². The first kappa shape index (κ1) is 24.3. The van der Waals surface area contributed by atoms with Gasteiger partial charge in [-0.05, 0) is 50.9 Å². The molecule has 0 spiro atoms. The van der Waals surface area contributed by atoms with Crippen molar-refractivity contribution in [3.8, 4) is 0 Å². The second-order valence-electron chi connectivity index (χ2n) is 8.45. The van der Waals surface area contributed by atoms with Gasteiger partial charge < -0.3 is 15.9 Å². The number of carbonyl (C=O) groups is 6. The average Bonchev–Trinajstić information content (AvgIpc) is 3.29. The molecule has 0 aromatic rings. The van der Waals surface area contributed by atoms with E-state index in [-0.39, 0.29) is 36.0 Å². The van der Waals surface area contributed by atoms with E-state index in [1.807, 2.05) is 0 Å². The topological polar surface area (TPSA) is 156 Å². The van der Waals surface area contributed by atoms with Gasteiger partial charge in [-0.1, -0.05) is 5.06 Å². The first-order chi connectivity index (χ1) is 15.8. The predicted octanol–water partition coefficient (Wildman–Crippen LogP) is -0.285. The molecule has 0 aromatic carbocycles. The lowest BCUT2D eigenvalue weighted by Crippen LogP contribution is -2.40. The van der Waals surface area contributed by atoms with Crippen molar-refractivity contribution in [1.82, 2.24) is 15.3 Å². The number of nitrogens with zero attached hydrogens (tertiary/aromatic N) is 2. The van der Waals surface area contributed by atoms with Gasteiger partial charge in [0.25, 0.3) is 23.6 Å².